The maximum Gasteiger partial charge on any atom is 0.276 e. The molecule has 0 atom stereocenters. The number of imidazole rings is 1. The number of hydrogen-bond donors (Lipinski definition) is 2. The van der Waals surface area contributed by atoms with Gasteiger partial charge in [-0.25, -0.2) is 15.0 Å². The van der Waals surface area contributed by atoms with Crippen LogP contribution in [0.1, 0.15) is 41.2 Å². The Balaban J connectivity index is 1.30. The van der Waals surface area contributed by atoms with Gasteiger partial charge in [0.15, 0.2) is 5.65 Å². The summed E-state index contributed by atoms with van der Waals surface area (Å²) >= 11 is 0. The Morgan fingerprint density at radius 2 is 1.92 bits per heavy atom. The number of nitrogens with zero attached hydrogens (tertiary/aromatic N) is 7. The molecule has 1 aliphatic heterocycles. The zero-order valence-electron chi connectivity index (χ0n) is 21.6. The van der Waals surface area contributed by atoms with Gasteiger partial charge in [-0.3, -0.25) is 14.4 Å². The standard InChI is InChI=1S/C28H28N8O2/c1-28(2)11-16-10-21-27(38)36(9-8-35(21)22(16)12-28)26-20(15-37)18(4-7-30-26)19-5-6-29-25-23(19)32-24(33-25)17-13-31-34(3)14-17/h4-7,10,13-14,37H,8-9,11-12,15H2,1-3H3,(H,29,32,33). The number of aryl methyl sites for hydroxylation is 1. The lowest BCUT2D eigenvalue weighted by Crippen LogP contribution is -2.41. The van der Waals surface area contributed by atoms with Crippen LogP contribution in [-0.4, -0.2) is 51.8 Å². The van der Waals surface area contributed by atoms with Crippen LogP contribution in [0.4, 0.5) is 5.82 Å². The van der Waals surface area contributed by atoms with Gasteiger partial charge < -0.3 is 14.7 Å². The van der Waals surface area contributed by atoms with Gasteiger partial charge in [-0.2, -0.15) is 5.10 Å². The highest BCUT2D eigenvalue weighted by Gasteiger charge is 2.37. The number of anilines is 1. The Hall–Kier alpha value is -4.31. The van der Waals surface area contributed by atoms with E-state index in [1.54, 1.807) is 28.2 Å². The Kier molecular flexibility index (Phi) is 4.87. The molecule has 0 fully saturated rings. The Bertz CT molecular complexity index is 1740. The molecule has 0 saturated carbocycles. The molecule has 0 spiro atoms. The Morgan fingerprint density at radius 1 is 1.11 bits per heavy atom. The third-order valence-corrected chi connectivity index (χ3v) is 7.73. The van der Waals surface area contributed by atoms with Gasteiger partial charge >= 0.3 is 0 Å². The van der Waals surface area contributed by atoms with Crippen LogP contribution in [0, 0.1) is 5.41 Å². The summed E-state index contributed by atoms with van der Waals surface area (Å²) < 4.78 is 3.90. The average molecular weight is 509 g/mol. The summed E-state index contributed by atoms with van der Waals surface area (Å²) in [5.74, 6) is 1.07. The van der Waals surface area contributed by atoms with E-state index in [4.69, 9.17) is 0 Å². The lowest BCUT2D eigenvalue weighted by molar-refractivity contribution is 0.0962. The molecule has 5 aromatic rings. The molecule has 1 aliphatic carbocycles. The van der Waals surface area contributed by atoms with Crippen molar-refractivity contribution in [3.8, 4) is 22.5 Å². The summed E-state index contributed by atoms with van der Waals surface area (Å²) in [5, 5.41) is 14.8. The van der Waals surface area contributed by atoms with Crippen LogP contribution in [0.3, 0.4) is 0 Å². The number of pyridine rings is 2. The van der Waals surface area contributed by atoms with E-state index < -0.39 is 0 Å². The van der Waals surface area contributed by atoms with E-state index in [1.165, 1.54) is 11.3 Å². The van der Waals surface area contributed by atoms with E-state index in [9.17, 15) is 9.90 Å². The molecule has 1 amide bonds. The van der Waals surface area contributed by atoms with Gasteiger partial charge in [0.1, 0.15) is 17.3 Å². The molecule has 0 bridgehead atoms. The predicted molar refractivity (Wildman–Crippen MR) is 143 cm³/mol. The Morgan fingerprint density at radius 3 is 2.71 bits per heavy atom. The summed E-state index contributed by atoms with van der Waals surface area (Å²) in [6.45, 7) is 5.49. The normalized spacial score (nSPS) is 16.3. The highest BCUT2D eigenvalue weighted by Crippen LogP contribution is 2.40. The fourth-order valence-electron chi connectivity index (χ4n) is 6.05. The van der Waals surface area contributed by atoms with Gasteiger partial charge in [0, 0.05) is 55.5 Å². The number of carbonyl (C=O) groups excluding carboxylic acids is 1. The first kappa shape index (κ1) is 22.9. The number of aliphatic hydroxyl groups is 1. The zero-order valence-corrected chi connectivity index (χ0v) is 21.6. The van der Waals surface area contributed by atoms with Gasteiger partial charge in [-0.15, -0.1) is 0 Å². The van der Waals surface area contributed by atoms with E-state index >= 15 is 0 Å². The number of nitrogens with one attached hydrogen (secondary N) is 1. The van der Waals surface area contributed by atoms with Crippen molar-refractivity contribution in [2.24, 2.45) is 12.5 Å². The minimum absolute atomic E-state index is 0.0805. The number of aromatic nitrogens is 7. The molecule has 0 radical (unpaired) electrons. The number of H-pyrrole nitrogens is 1. The van der Waals surface area contributed by atoms with Crippen LogP contribution in [0.5, 0.6) is 0 Å². The van der Waals surface area contributed by atoms with Crippen molar-refractivity contribution in [2.75, 3.05) is 11.4 Å². The minimum Gasteiger partial charge on any atom is -0.392 e. The second-order valence-corrected chi connectivity index (χ2v) is 11.0. The molecule has 10 nitrogen and oxygen atoms in total. The van der Waals surface area contributed by atoms with Crippen molar-refractivity contribution in [1.82, 2.24) is 34.3 Å². The van der Waals surface area contributed by atoms with E-state index in [0.717, 1.165) is 35.0 Å². The second-order valence-electron chi connectivity index (χ2n) is 11.0. The van der Waals surface area contributed by atoms with Crippen molar-refractivity contribution in [1.29, 1.82) is 0 Å². The average Bonchev–Trinajstić information content (AvgIpc) is 3.65. The van der Waals surface area contributed by atoms with Crippen molar-refractivity contribution in [2.45, 2.75) is 39.8 Å². The molecule has 38 heavy (non-hydrogen) atoms. The smallest absolute Gasteiger partial charge is 0.276 e. The van der Waals surface area contributed by atoms with Gasteiger partial charge in [0.25, 0.3) is 5.91 Å². The summed E-state index contributed by atoms with van der Waals surface area (Å²) in [5.41, 5.74) is 7.86. The number of rotatable bonds is 4. The molecule has 2 aliphatic rings. The lowest BCUT2D eigenvalue weighted by Gasteiger charge is -2.31. The largest absolute Gasteiger partial charge is 0.392 e. The summed E-state index contributed by atoms with van der Waals surface area (Å²) in [7, 11) is 1.86. The van der Waals surface area contributed by atoms with Crippen molar-refractivity contribution >= 4 is 22.9 Å². The Labute approximate surface area is 219 Å². The van der Waals surface area contributed by atoms with Crippen LogP contribution in [0.2, 0.25) is 0 Å². The maximum atomic E-state index is 13.7. The van der Waals surface area contributed by atoms with Crippen molar-refractivity contribution < 1.29 is 9.90 Å². The topological polar surface area (TPSA) is 118 Å². The molecular formula is C28H28N8O2. The number of aliphatic hydroxyl groups excluding tert-OH is 1. The van der Waals surface area contributed by atoms with Crippen molar-refractivity contribution in [3.05, 3.63) is 65.5 Å². The number of fused-ring (bicyclic) bond motifs is 4. The fourth-order valence-corrected chi connectivity index (χ4v) is 6.05. The van der Waals surface area contributed by atoms with E-state index in [-0.39, 0.29) is 17.9 Å². The first-order valence-electron chi connectivity index (χ1n) is 12.8. The third-order valence-electron chi connectivity index (χ3n) is 7.73. The highest BCUT2D eigenvalue weighted by atomic mass is 16.3. The number of carbonyl (C=O) groups is 1. The summed E-state index contributed by atoms with van der Waals surface area (Å²) in [6, 6.07) is 5.81. The van der Waals surface area contributed by atoms with Gasteiger partial charge in [-0.05, 0) is 47.6 Å². The molecular weight excluding hydrogens is 480 g/mol. The van der Waals surface area contributed by atoms with Crippen LogP contribution < -0.4 is 4.90 Å². The maximum absolute atomic E-state index is 13.7. The lowest BCUT2D eigenvalue weighted by atomic mass is 9.90. The van der Waals surface area contributed by atoms with Gasteiger partial charge in [0.05, 0.1) is 23.9 Å². The van der Waals surface area contributed by atoms with E-state index in [0.29, 0.717) is 41.6 Å². The fraction of sp³-hybridized carbons (Fsp3) is 0.321. The van der Waals surface area contributed by atoms with Crippen LogP contribution in [0.25, 0.3) is 33.7 Å². The number of amides is 1. The predicted octanol–water partition coefficient (Wildman–Crippen LogP) is 3.50. The minimum atomic E-state index is -0.262. The van der Waals surface area contributed by atoms with E-state index in [1.807, 2.05) is 25.4 Å². The first-order valence-corrected chi connectivity index (χ1v) is 12.8. The summed E-state index contributed by atoms with van der Waals surface area (Å²) in [4.78, 5) is 32.5. The van der Waals surface area contributed by atoms with Crippen LogP contribution in [0.15, 0.2) is 43.0 Å². The summed E-state index contributed by atoms with van der Waals surface area (Å²) in [6.07, 6.45) is 8.99. The SMILES string of the molecule is Cn1cc(-c2nc3nccc(-c4ccnc(N5CCn6c(cc7c6CC(C)(C)C7)C5=O)c4CO)c3[nH]2)cn1. The van der Waals surface area contributed by atoms with Crippen molar-refractivity contribution in [3.63, 3.8) is 0 Å². The molecule has 0 aromatic carbocycles. The molecule has 2 N–H and O–H groups in total. The quantitative estimate of drug-likeness (QED) is 0.384. The molecule has 192 valence electrons. The van der Waals surface area contributed by atoms with E-state index in [2.05, 4.69) is 49.5 Å². The molecule has 7 rings (SSSR count). The third kappa shape index (κ3) is 3.40. The zero-order chi connectivity index (χ0) is 26.2. The van der Waals surface area contributed by atoms with Gasteiger partial charge in [-0.1, -0.05) is 13.8 Å². The monoisotopic (exact) mass is 508 g/mol. The second kappa shape index (κ2) is 8.09. The van der Waals surface area contributed by atoms with Gasteiger partial charge in [0.2, 0.25) is 0 Å². The molecule has 6 heterocycles. The molecule has 10 heteroatoms. The van der Waals surface area contributed by atoms with Crippen LogP contribution >= 0.6 is 0 Å². The molecule has 5 aromatic heterocycles. The number of aromatic amines is 1. The first-order chi connectivity index (χ1) is 18.3. The molecule has 0 unspecified atom stereocenters. The molecule has 0 saturated heterocycles. The van der Waals surface area contributed by atoms with Crippen LogP contribution in [-0.2, 0) is 33.0 Å². The highest BCUT2D eigenvalue weighted by molar-refractivity contribution is 6.06. The number of hydrogen-bond acceptors (Lipinski definition) is 6.